The fraction of sp³-hybridized carbons (Fsp3) is 0.250. The number of rotatable bonds is 8. The third-order valence-electron chi connectivity index (χ3n) is 3.44. The Morgan fingerprint density at radius 1 is 1.11 bits per heavy atom. The molecular weight excluding hydrogens is 416 g/mol. The van der Waals surface area contributed by atoms with Crippen LogP contribution in [0.4, 0.5) is 8.78 Å². The molecule has 0 N–H and O–H groups in total. The van der Waals surface area contributed by atoms with E-state index in [1.54, 1.807) is 6.07 Å². The Morgan fingerprint density at radius 3 is 2.46 bits per heavy atom. The van der Waals surface area contributed by atoms with Crippen LogP contribution in [-0.4, -0.2) is 43.6 Å². The standard InChI is InChI=1S/C16H15F2N3O5S2/c1-21(2)28(22,23)13-8-7-12(24-13)9-27-16-20-19-14(26-16)10-3-5-11(6-4-10)25-15(17)18/h3-8,15H,9H2,1-2H3. The van der Waals surface area contributed by atoms with Crippen molar-refractivity contribution in [3.8, 4) is 17.2 Å². The van der Waals surface area contributed by atoms with Gasteiger partial charge in [-0.3, -0.25) is 0 Å². The average molecular weight is 431 g/mol. The van der Waals surface area contributed by atoms with Crippen LogP contribution >= 0.6 is 11.8 Å². The molecule has 2 aromatic heterocycles. The number of benzene rings is 1. The molecule has 8 nitrogen and oxygen atoms in total. The summed E-state index contributed by atoms with van der Waals surface area (Å²) in [6.45, 7) is -2.90. The molecule has 0 spiro atoms. The van der Waals surface area contributed by atoms with E-state index in [0.717, 1.165) is 4.31 Å². The van der Waals surface area contributed by atoms with Crippen LogP contribution in [0.25, 0.3) is 11.5 Å². The van der Waals surface area contributed by atoms with Gasteiger partial charge in [0.25, 0.3) is 15.2 Å². The number of halogens is 2. The predicted molar refractivity (Wildman–Crippen MR) is 95.5 cm³/mol. The van der Waals surface area contributed by atoms with Crippen LogP contribution < -0.4 is 4.74 Å². The first-order valence-electron chi connectivity index (χ1n) is 7.78. The summed E-state index contributed by atoms with van der Waals surface area (Å²) in [5.74, 6) is 0.945. The van der Waals surface area contributed by atoms with Crippen LogP contribution in [0.5, 0.6) is 5.75 Å². The number of furan rings is 1. The van der Waals surface area contributed by atoms with Gasteiger partial charge in [-0.25, -0.2) is 12.7 Å². The van der Waals surface area contributed by atoms with Gasteiger partial charge in [-0.15, -0.1) is 10.2 Å². The highest BCUT2D eigenvalue weighted by Gasteiger charge is 2.21. The van der Waals surface area contributed by atoms with Gasteiger partial charge < -0.3 is 13.6 Å². The van der Waals surface area contributed by atoms with Crippen LogP contribution in [0, 0.1) is 0 Å². The monoisotopic (exact) mass is 431 g/mol. The molecule has 0 bridgehead atoms. The molecule has 12 heteroatoms. The minimum atomic E-state index is -3.63. The molecule has 0 amide bonds. The van der Waals surface area contributed by atoms with Crippen molar-refractivity contribution in [3.63, 3.8) is 0 Å². The summed E-state index contributed by atoms with van der Waals surface area (Å²) in [6, 6.07) is 8.72. The molecule has 0 saturated heterocycles. The number of aromatic nitrogens is 2. The number of hydrogen-bond donors (Lipinski definition) is 0. The van der Waals surface area contributed by atoms with E-state index >= 15 is 0 Å². The van der Waals surface area contributed by atoms with Crippen molar-refractivity contribution >= 4 is 21.8 Å². The third-order valence-corrected chi connectivity index (χ3v) is 5.97. The second kappa shape index (κ2) is 8.29. The van der Waals surface area contributed by atoms with Crippen molar-refractivity contribution in [2.75, 3.05) is 14.1 Å². The third kappa shape index (κ3) is 4.69. The normalized spacial score (nSPS) is 12.1. The largest absolute Gasteiger partial charge is 0.447 e. The number of thioether (sulfide) groups is 1. The smallest absolute Gasteiger partial charge is 0.387 e. The lowest BCUT2D eigenvalue weighted by molar-refractivity contribution is -0.0498. The van der Waals surface area contributed by atoms with Gasteiger partial charge in [-0.05, 0) is 36.4 Å². The lowest BCUT2D eigenvalue weighted by atomic mass is 10.2. The molecule has 0 atom stereocenters. The molecule has 0 saturated carbocycles. The van der Waals surface area contributed by atoms with Crippen LogP contribution in [0.1, 0.15) is 5.76 Å². The summed E-state index contributed by atoms with van der Waals surface area (Å²) in [4.78, 5) is 0. The summed E-state index contributed by atoms with van der Waals surface area (Å²) in [5.41, 5.74) is 0.540. The van der Waals surface area contributed by atoms with E-state index in [9.17, 15) is 17.2 Å². The van der Waals surface area contributed by atoms with E-state index in [1.165, 1.54) is 56.2 Å². The first-order chi connectivity index (χ1) is 13.3. The molecule has 0 aliphatic carbocycles. The fourth-order valence-corrected chi connectivity index (χ4v) is 3.52. The highest BCUT2D eigenvalue weighted by Crippen LogP contribution is 2.28. The highest BCUT2D eigenvalue weighted by atomic mass is 32.2. The van der Waals surface area contributed by atoms with Gasteiger partial charge in [0.15, 0.2) is 0 Å². The summed E-state index contributed by atoms with van der Waals surface area (Å²) < 4.78 is 64.5. The first-order valence-corrected chi connectivity index (χ1v) is 10.2. The topological polar surface area (TPSA) is 98.7 Å². The van der Waals surface area contributed by atoms with Gasteiger partial charge in [0.05, 0.1) is 5.75 Å². The van der Waals surface area contributed by atoms with E-state index in [0.29, 0.717) is 11.3 Å². The Bertz CT molecular complexity index is 1030. The highest BCUT2D eigenvalue weighted by molar-refractivity contribution is 7.98. The molecule has 3 rings (SSSR count). The molecule has 0 fully saturated rings. The molecule has 3 aromatic rings. The van der Waals surface area contributed by atoms with E-state index in [1.807, 2.05) is 0 Å². The number of alkyl halides is 2. The predicted octanol–water partition coefficient (Wildman–Crippen LogP) is 3.47. The van der Waals surface area contributed by atoms with Gasteiger partial charge in [-0.1, -0.05) is 11.8 Å². The Kier molecular flexibility index (Phi) is 6.01. The van der Waals surface area contributed by atoms with Gasteiger partial charge >= 0.3 is 6.61 Å². The zero-order valence-corrected chi connectivity index (χ0v) is 16.3. The number of sulfonamides is 1. The average Bonchev–Trinajstić information content (AvgIpc) is 3.30. The van der Waals surface area contributed by atoms with E-state index in [2.05, 4.69) is 14.9 Å². The Balaban J connectivity index is 1.63. The zero-order chi connectivity index (χ0) is 20.3. The van der Waals surface area contributed by atoms with Crippen LogP contribution in [0.15, 0.2) is 55.5 Å². The molecule has 0 aliphatic heterocycles. The van der Waals surface area contributed by atoms with Crippen molar-refractivity contribution in [2.24, 2.45) is 0 Å². The zero-order valence-electron chi connectivity index (χ0n) is 14.7. The SMILES string of the molecule is CN(C)S(=O)(=O)c1ccc(CSc2nnc(-c3ccc(OC(F)F)cc3)o2)o1. The first kappa shape index (κ1) is 20.3. The summed E-state index contributed by atoms with van der Waals surface area (Å²) in [7, 11) is -0.803. The van der Waals surface area contributed by atoms with Gasteiger partial charge in [0, 0.05) is 19.7 Å². The second-order valence-corrected chi connectivity index (χ2v) is 8.58. The van der Waals surface area contributed by atoms with Crippen LogP contribution in [0.2, 0.25) is 0 Å². The molecule has 1 aromatic carbocycles. The van der Waals surface area contributed by atoms with Gasteiger partial charge in [0.1, 0.15) is 11.5 Å². The number of hydrogen-bond acceptors (Lipinski definition) is 8. The minimum absolute atomic E-state index is 0.0224. The maximum Gasteiger partial charge on any atom is 0.387 e. The summed E-state index contributed by atoms with van der Waals surface area (Å²) in [5, 5.41) is 7.89. The molecular formula is C16H15F2N3O5S2. The van der Waals surface area contributed by atoms with Crippen LogP contribution in [0.3, 0.4) is 0 Å². The van der Waals surface area contributed by atoms with E-state index in [-0.39, 0.29) is 27.7 Å². The Morgan fingerprint density at radius 2 is 1.82 bits per heavy atom. The lowest BCUT2D eigenvalue weighted by Gasteiger charge is -2.07. The van der Waals surface area contributed by atoms with Gasteiger partial charge in [0.2, 0.25) is 11.0 Å². The van der Waals surface area contributed by atoms with E-state index in [4.69, 9.17) is 8.83 Å². The number of ether oxygens (including phenoxy) is 1. The quantitative estimate of drug-likeness (QED) is 0.500. The number of nitrogens with zero attached hydrogens (tertiary/aromatic N) is 3. The summed E-state index contributed by atoms with van der Waals surface area (Å²) >= 11 is 1.17. The van der Waals surface area contributed by atoms with Crippen molar-refractivity contribution in [2.45, 2.75) is 22.7 Å². The maximum absolute atomic E-state index is 12.2. The van der Waals surface area contributed by atoms with Crippen molar-refractivity contribution < 1.29 is 30.8 Å². The Hall–Kier alpha value is -2.44. The van der Waals surface area contributed by atoms with Crippen LogP contribution in [-0.2, 0) is 15.8 Å². The lowest BCUT2D eigenvalue weighted by Crippen LogP contribution is -2.21. The fourth-order valence-electron chi connectivity index (χ4n) is 2.05. The van der Waals surface area contributed by atoms with Gasteiger partial charge in [-0.2, -0.15) is 8.78 Å². The molecule has 0 unspecified atom stereocenters. The molecule has 150 valence electrons. The van der Waals surface area contributed by atoms with Crippen molar-refractivity contribution in [1.82, 2.24) is 14.5 Å². The van der Waals surface area contributed by atoms with Crippen molar-refractivity contribution in [3.05, 3.63) is 42.2 Å². The Labute approximate surface area is 163 Å². The van der Waals surface area contributed by atoms with Crippen molar-refractivity contribution in [1.29, 1.82) is 0 Å². The molecule has 2 heterocycles. The van der Waals surface area contributed by atoms with E-state index < -0.39 is 16.6 Å². The maximum atomic E-state index is 12.2. The summed E-state index contributed by atoms with van der Waals surface area (Å²) in [6.07, 6.45) is 0. The minimum Gasteiger partial charge on any atom is -0.447 e. The second-order valence-electron chi connectivity index (χ2n) is 5.57. The molecule has 0 aliphatic rings. The molecule has 28 heavy (non-hydrogen) atoms. The molecule has 0 radical (unpaired) electrons.